The fourth-order valence-corrected chi connectivity index (χ4v) is 3.13. The van der Waals surface area contributed by atoms with E-state index in [1.54, 1.807) is 26.2 Å². The van der Waals surface area contributed by atoms with Crippen LogP contribution in [0, 0.1) is 0 Å². The van der Waals surface area contributed by atoms with Crippen molar-refractivity contribution in [2.24, 2.45) is 0 Å². The third kappa shape index (κ3) is 5.16. The van der Waals surface area contributed by atoms with Crippen molar-refractivity contribution in [1.82, 2.24) is 15.1 Å². The first-order valence-corrected chi connectivity index (χ1v) is 9.33. The number of likely N-dealkylation sites (N-methyl/N-ethyl adjacent to an activating group) is 1. The Balaban J connectivity index is 2.05. The fourth-order valence-electron chi connectivity index (χ4n) is 3.13. The van der Waals surface area contributed by atoms with E-state index in [0.29, 0.717) is 6.54 Å². The Labute approximate surface area is 168 Å². The highest BCUT2D eigenvalue weighted by molar-refractivity contribution is 5.74. The Kier molecular flexibility index (Phi) is 7.70. The van der Waals surface area contributed by atoms with Gasteiger partial charge in [0.25, 0.3) is 0 Å². The van der Waals surface area contributed by atoms with Gasteiger partial charge < -0.3 is 24.6 Å². The van der Waals surface area contributed by atoms with Crippen LogP contribution in [0.15, 0.2) is 48.5 Å². The van der Waals surface area contributed by atoms with E-state index in [9.17, 15) is 4.79 Å². The molecule has 2 rings (SSSR count). The van der Waals surface area contributed by atoms with Gasteiger partial charge in [-0.1, -0.05) is 30.3 Å². The summed E-state index contributed by atoms with van der Waals surface area (Å²) < 4.78 is 10.7. The topological polar surface area (TPSA) is 54.0 Å². The molecule has 0 aliphatic rings. The molecule has 2 aromatic carbocycles. The second-order valence-corrected chi connectivity index (χ2v) is 6.97. The van der Waals surface area contributed by atoms with Crippen molar-refractivity contribution in [3.05, 3.63) is 59.7 Å². The lowest BCUT2D eigenvalue weighted by molar-refractivity contribution is 0.188. The van der Waals surface area contributed by atoms with Crippen molar-refractivity contribution in [1.29, 1.82) is 0 Å². The van der Waals surface area contributed by atoms with Crippen LogP contribution in [0.3, 0.4) is 0 Å². The number of amides is 2. The quantitative estimate of drug-likeness (QED) is 0.753. The van der Waals surface area contributed by atoms with Gasteiger partial charge in [0.15, 0.2) is 0 Å². The van der Waals surface area contributed by atoms with E-state index in [1.807, 2.05) is 69.6 Å². The molecule has 0 heterocycles. The van der Waals surface area contributed by atoms with Gasteiger partial charge in [-0.15, -0.1) is 0 Å². The zero-order valence-electron chi connectivity index (χ0n) is 17.6. The molecule has 152 valence electrons. The molecule has 0 spiro atoms. The lowest BCUT2D eigenvalue weighted by Crippen LogP contribution is -2.42. The number of nitrogens with one attached hydrogen (secondary N) is 1. The van der Waals surface area contributed by atoms with E-state index in [0.717, 1.165) is 22.6 Å². The lowest BCUT2D eigenvalue weighted by Gasteiger charge is -2.29. The van der Waals surface area contributed by atoms with Crippen molar-refractivity contribution in [3.63, 3.8) is 0 Å². The number of rotatable bonds is 8. The fraction of sp³-hybridized carbons (Fsp3) is 0.409. The largest absolute Gasteiger partial charge is 0.497 e. The SMILES string of the molecule is COc1ccc(C(CNC(=O)N(C)C(C)c2ccccc2OC)N(C)C)cc1. The summed E-state index contributed by atoms with van der Waals surface area (Å²) in [6.07, 6.45) is 0. The molecule has 28 heavy (non-hydrogen) atoms. The first-order chi connectivity index (χ1) is 13.4. The molecule has 6 heteroatoms. The van der Waals surface area contributed by atoms with Crippen LogP contribution in [0.2, 0.25) is 0 Å². The summed E-state index contributed by atoms with van der Waals surface area (Å²) in [5, 5.41) is 3.05. The zero-order chi connectivity index (χ0) is 20.7. The van der Waals surface area contributed by atoms with Crippen LogP contribution in [-0.2, 0) is 0 Å². The van der Waals surface area contributed by atoms with Crippen LogP contribution < -0.4 is 14.8 Å². The number of carbonyl (C=O) groups excluding carboxylic acids is 1. The number of carbonyl (C=O) groups is 1. The maximum Gasteiger partial charge on any atom is 0.317 e. The number of urea groups is 1. The Morgan fingerprint density at radius 1 is 1.00 bits per heavy atom. The van der Waals surface area contributed by atoms with Crippen LogP contribution in [0.1, 0.15) is 30.1 Å². The lowest BCUT2D eigenvalue weighted by atomic mass is 10.1. The van der Waals surface area contributed by atoms with Crippen LogP contribution in [0.4, 0.5) is 4.79 Å². The number of benzene rings is 2. The van der Waals surface area contributed by atoms with Crippen molar-refractivity contribution >= 4 is 6.03 Å². The maximum atomic E-state index is 12.8. The molecule has 0 radical (unpaired) electrons. The normalized spacial score (nSPS) is 13.0. The van der Waals surface area contributed by atoms with E-state index in [4.69, 9.17) is 9.47 Å². The molecule has 0 fully saturated rings. The summed E-state index contributed by atoms with van der Waals surface area (Å²) in [7, 11) is 9.09. The summed E-state index contributed by atoms with van der Waals surface area (Å²) in [5.41, 5.74) is 2.09. The van der Waals surface area contributed by atoms with Crippen molar-refractivity contribution in [2.45, 2.75) is 19.0 Å². The van der Waals surface area contributed by atoms with Crippen LogP contribution in [0.25, 0.3) is 0 Å². The second kappa shape index (κ2) is 9.99. The first kappa shape index (κ1) is 21.6. The summed E-state index contributed by atoms with van der Waals surface area (Å²) in [6, 6.07) is 15.5. The number of para-hydroxylation sites is 1. The molecule has 2 amide bonds. The molecule has 1 N–H and O–H groups in total. The number of nitrogens with zero attached hydrogens (tertiary/aromatic N) is 2. The van der Waals surface area contributed by atoms with Gasteiger partial charge in [-0.25, -0.2) is 4.79 Å². The highest BCUT2D eigenvalue weighted by atomic mass is 16.5. The minimum atomic E-state index is -0.126. The average molecular weight is 386 g/mol. The predicted octanol–water partition coefficient (Wildman–Crippen LogP) is 3.71. The summed E-state index contributed by atoms with van der Waals surface area (Å²) in [6.45, 7) is 2.49. The number of hydrogen-bond donors (Lipinski definition) is 1. The number of hydrogen-bond acceptors (Lipinski definition) is 4. The third-order valence-electron chi connectivity index (χ3n) is 5.06. The molecule has 6 nitrogen and oxygen atoms in total. The number of ether oxygens (including phenoxy) is 2. The Bertz CT molecular complexity index is 762. The third-order valence-corrected chi connectivity index (χ3v) is 5.06. The minimum absolute atomic E-state index is 0.0600. The molecule has 2 unspecified atom stereocenters. The number of methoxy groups -OCH3 is 2. The van der Waals surface area contributed by atoms with Crippen molar-refractivity contribution in [2.75, 3.05) is 41.9 Å². The van der Waals surface area contributed by atoms with E-state index < -0.39 is 0 Å². The summed E-state index contributed by atoms with van der Waals surface area (Å²) in [5.74, 6) is 1.59. The molecule has 2 atom stereocenters. The molecular formula is C22H31N3O3. The second-order valence-electron chi connectivity index (χ2n) is 6.97. The molecule has 0 aromatic heterocycles. The van der Waals surface area contributed by atoms with E-state index in [-0.39, 0.29) is 18.1 Å². The first-order valence-electron chi connectivity index (χ1n) is 9.33. The molecule has 0 bridgehead atoms. The van der Waals surface area contributed by atoms with E-state index in [2.05, 4.69) is 10.2 Å². The van der Waals surface area contributed by atoms with Crippen LogP contribution >= 0.6 is 0 Å². The van der Waals surface area contributed by atoms with Gasteiger partial charge in [-0.05, 0) is 44.8 Å². The standard InChI is InChI=1S/C22H31N3O3/c1-16(19-9-7-8-10-21(19)28-6)25(4)22(26)23-15-20(24(2)3)17-11-13-18(27-5)14-12-17/h7-14,16,20H,15H2,1-6H3,(H,23,26). The van der Waals surface area contributed by atoms with Gasteiger partial charge in [-0.2, -0.15) is 0 Å². The Morgan fingerprint density at radius 3 is 2.21 bits per heavy atom. The highest BCUT2D eigenvalue weighted by Gasteiger charge is 2.22. The van der Waals surface area contributed by atoms with Gasteiger partial charge in [-0.3, -0.25) is 0 Å². The molecule has 0 saturated carbocycles. The van der Waals surface area contributed by atoms with Crippen LogP contribution in [0.5, 0.6) is 11.5 Å². The van der Waals surface area contributed by atoms with Crippen molar-refractivity contribution in [3.8, 4) is 11.5 Å². The van der Waals surface area contributed by atoms with Gasteiger partial charge in [0.1, 0.15) is 11.5 Å². The molecule has 0 saturated heterocycles. The van der Waals surface area contributed by atoms with E-state index >= 15 is 0 Å². The molecular weight excluding hydrogens is 354 g/mol. The van der Waals surface area contributed by atoms with Gasteiger partial charge in [0.05, 0.1) is 26.3 Å². The minimum Gasteiger partial charge on any atom is -0.497 e. The summed E-state index contributed by atoms with van der Waals surface area (Å²) in [4.78, 5) is 16.5. The Morgan fingerprint density at radius 2 is 1.64 bits per heavy atom. The molecule has 2 aromatic rings. The molecule has 0 aliphatic carbocycles. The van der Waals surface area contributed by atoms with Gasteiger partial charge >= 0.3 is 6.03 Å². The van der Waals surface area contributed by atoms with Crippen LogP contribution in [-0.4, -0.2) is 57.7 Å². The van der Waals surface area contributed by atoms with E-state index in [1.165, 1.54) is 0 Å². The van der Waals surface area contributed by atoms with Crippen molar-refractivity contribution < 1.29 is 14.3 Å². The molecule has 0 aliphatic heterocycles. The highest BCUT2D eigenvalue weighted by Crippen LogP contribution is 2.28. The monoisotopic (exact) mass is 385 g/mol. The smallest absolute Gasteiger partial charge is 0.317 e. The zero-order valence-corrected chi connectivity index (χ0v) is 17.6. The average Bonchev–Trinajstić information content (AvgIpc) is 2.72. The Hall–Kier alpha value is -2.73. The summed E-state index contributed by atoms with van der Waals surface area (Å²) >= 11 is 0. The maximum absolute atomic E-state index is 12.8. The predicted molar refractivity (Wildman–Crippen MR) is 112 cm³/mol. The van der Waals surface area contributed by atoms with Gasteiger partial charge in [0.2, 0.25) is 0 Å². The van der Waals surface area contributed by atoms with Gasteiger partial charge in [0, 0.05) is 19.2 Å².